The topological polar surface area (TPSA) is 90.5 Å². The van der Waals surface area contributed by atoms with E-state index in [4.69, 9.17) is 9.73 Å². The lowest BCUT2D eigenvalue weighted by Crippen LogP contribution is -2.46. The van der Waals surface area contributed by atoms with E-state index in [1.54, 1.807) is 7.11 Å². The largest absolute Gasteiger partial charge is 0.497 e. The first-order chi connectivity index (χ1) is 14.0. The van der Waals surface area contributed by atoms with Crippen molar-refractivity contribution in [1.29, 1.82) is 0 Å². The highest BCUT2D eigenvalue weighted by atomic mass is 127. The molecule has 1 aliphatic heterocycles. The molecule has 1 aromatic heterocycles. The van der Waals surface area contributed by atoms with E-state index in [1.165, 1.54) is 0 Å². The third-order valence-corrected chi connectivity index (χ3v) is 5.30. The summed E-state index contributed by atoms with van der Waals surface area (Å²) in [7, 11) is 1.65. The lowest BCUT2D eigenvalue weighted by atomic mass is 10.1. The molecule has 0 spiro atoms. The molecule has 3 rings (SSSR count). The van der Waals surface area contributed by atoms with Crippen LogP contribution in [0.1, 0.15) is 33.5 Å². The van der Waals surface area contributed by atoms with E-state index in [9.17, 15) is 0 Å². The molecular formula is C21H34IN7O. The third-order valence-electron chi connectivity index (χ3n) is 5.30. The molecule has 1 saturated heterocycles. The maximum atomic E-state index is 5.20. The van der Waals surface area contributed by atoms with Gasteiger partial charge in [-0.05, 0) is 51.0 Å². The summed E-state index contributed by atoms with van der Waals surface area (Å²) < 4.78 is 5.20. The van der Waals surface area contributed by atoms with Crippen LogP contribution < -0.4 is 15.4 Å². The number of nitrogens with one attached hydrogen (secondary N) is 3. The number of rotatable bonds is 7. The zero-order chi connectivity index (χ0) is 20.8. The lowest BCUT2D eigenvalue weighted by molar-refractivity contribution is 0.265. The summed E-state index contributed by atoms with van der Waals surface area (Å²) in [6, 6.07) is 8.65. The Morgan fingerprint density at radius 1 is 1.30 bits per heavy atom. The van der Waals surface area contributed by atoms with Crippen LogP contribution in [-0.2, 0) is 6.54 Å². The van der Waals surface area contributed by atoms with Crippen molar-refractivity contribution in [2.75, 3.05) is 26.7 Å². The fraction of sp³-hybridized carbons (Fsp3) is 0.571. The van der Waals surface area contributed by atoms with Gasteiger partial charge < -0.3 is 15.4 Å². The zero-order valence-electron chi connectivity index (χ0n) is 18.5. The summed E-state index contributed by atoms with van der Waals surface area (Å²) in [5, 5.41) is 14.2. The Labute approximate surface area is 196 Å². The summed E-state index contributed by atoms with van der Waals surface area (Å²) in [6.07, 6.45) is 0. The maximum Gasteiger partial charge on any atom is 0.191 e. The Morgan fingerprint density at radius 3 is 2.63 bits per heavy atom. The van der Waals surface area contributed by atoms with Gasteiger partial charge in [0.25, 0.3) is 0 Å². The molecule has 8 nitrogen and oxygen atoms in total. The van der Waals surface area contributed by atoms with E-state index in [1.807, 2.05) is 24.3 Å². The van der Waals surface area contributed by atoms with E-state index < -0.39 is 0 Å². The molecule has 1 aliphatic rings. The molecule has 3 N–H and O–H groups in total. The molecule has 0 aliphatic carbocycles. The number of aliphatic imine (C=N–C) groups is 1. The smallest absolute Gasteiger partial charge is 0.191 e. The average Bonchev–Trinajstić information content (AvgIpc) is 3.33. The molecule has 30 heavy (non-hydrogen) atoms. The van der Waals surface area contributed by atoms with Gasteiger partial charge in [-0.15, -0.1) is 24.0 Å². The quantitative estimate of drug-likeness (QED) is 0.292. The van der Waals surface area contributed by atoms with Crippen molar-refractivity contribution in [2.24, 2.45) is 10.9 Å². The van der Waals surface area contributed by atoms with E-state index in [0.29, 0.717) is 30.4 Å². The van der Waals surface area contributed by atoms with Crippen LogP contribution in [0.25, 0.3) is 11.4 Å². The van der Waals surface area contributed by atoms with Crippen molar-refractivity contribution < 1.29 is 4.74 Å². The number of hydrogen-bond donors (Lipinski definition) is 3. The predicted octanol–water partition coefficient (Wildman–Crippen LogP) is 2.88. The Morgan fingerprint density at radius 2 is 2.03 bits per heavy atom. The van der Waals surface area contributed by atoms with E-state index in [-0.39, 0.29) is 24.0 Å². The van der Waals surface area contributed by atoms with Crippen LogP contribution in [-0.4, -0.2) is 64.9 Å². The molecule has 1 fully saturated rings. The van der Waals surface area contributed by atoms with Gasteiger partial charge in [0, 0.05) is 37.3 Å². The number of hydrogen-bond acceptors (Lipinski definition) is 5. The minimum Gasteiger partial charge on any atom is -0.497 e. The molecule has 2 unspecified atom stereocenters. The fourth-order valence-electron chi connectivity index (χ4n) is 3.50. The number of nitrogens with zero attached hydrogens (tertiary/aromatic N) is 4. The SMILES string of the molecule is CCNC(=NCc1nc(-c2ccc(OC)cc2)n[nH]1)NC1CN(C(C)C)CC1C.I. The Kier molecular flexibility index (Phi) is 9.35. The second-order valence-corrected chi connectivity index (χ2v) is 7.81. The molecule has 166 valence electrons. The first-order valence-corrected chi connectivity index (χ1v) is 10.3. The molecule has 9 heteroatoms. The molecule has 0 radical (unpaired) electrons. The maximum absolute atomic E-state index is 5.20. The van der Waals surface area contributed by atoms with Gasteiger partial charge in [0.2, 0.25) is 0 Å². The lowest BCUT2D eigenvalue weighted by Gasteiger charge is -2.21. The van der Waals surface area contributed by atoms with Crippen LogP contribution in [0.2, 0.25) is 0 Å². The number of halogens is 1. The van der Waals surface area contributed by atoms with Crippen LogP contribution in [0.5, 0.6) is 5.75 Å². The van der Waals surface area contributed by atoms with Gasteiger partial charge in [-0.3, -0.25) is 10.00 Å². The number of H-pyrrole nitrogens is 1. The van der Waals surface area contributed by atoms with Crippen molar-refractivity contribution >= 4 is 29.9 Å². The minimum atomic E-state index is 0. The highest BCUT2D eigenvalue weighted by molar-refractivity contribution is 14.0. The predicted molar refractivity (Wildman–Crippen MR) is 131 cm³/mol. The van der Waals surface area contributed by atoms with Crippen molar-refractivity contribution in [3.63, 3.8) is 0 Å². The van der Waals surface area contributed by atoms with Gasteiger partial charge in [0.1, 0.15) is 18.1 Å². The summed E-state index contributed by atoms with van der Waals surface area (Å²) in [5.74, 6) is 3.60. The van der Waals surface area contributed by atoms with Gasteiger partial charge in [0.15, 0.2) is 11.8 Å². The first-order valence-electron chi connectivity index (χ1n) is 10.3. The second-order valence-electron chi connectivity index (χ2n) is 7.81. The molecule has 2 aromatic rings. The Balaban J connectivity index is 0.00000320. The van der Waals surface area contributed by atoms with Gasteiger partial charge in [-0.25, -0.2) is 9.98 Å². The van der Waals surface area contributed by atoms with Crippen molar-refractivity contribution in [3.05, 3.63) is 30.1 Å². The molecule has 2 atom stereocenters. The minimum absolute atomic E-state index is 0. The third kappa shape index (κ3) is 6.31. The first kappa shape index (κ1) is 24.4. The molecule has 1 aromatic carbocycles. The number of methoxy groups -OCH3 is 1. The van der Waals surface area contributed by atoms with Crippen LogP contribution in [0, 0.1) is 5.92 Å². The van der Waals surface area contributed by atoms with Crippen LogP contribution >= 0.6 is 24.0 Å². The Bertz CT molecular complexity index is 806. The molecule has 0 saturated carbocycles. The highest BCUT2D eigenvalue weighted by Crippen LogP contribution is 2.20. The molecule has 0 bridgehead atoms. The summed E-state index contributed by atoms with van der Waals surface area (Å²) >= 11 is 0. The van der Waals surface area contributed by atoms with Gasteiger partial charge in [-0.2, -0.15) is 5.10 Å². The number of ether oxygens (including phenoxy) is 1. The average molecular weight is 527 g/mol. The normalized spacial score (nSPS) is 19.6. The summed E-state index contributed by atoms with van der Waals surface area (Å²) in [4.78, 5) is 11.8. The van der Waals surface area contributed by atoms with Crippen molar-refractivity contribution in [2.45, 2.75) is 46.3 Å². The van der Waals surface area contributed by atoms with Gasteiger partial charge >= 0.3 is 0 Å². The zero-order valence-corrected chi connectivity index (χ0v) is 20.8. The number of aromatic nitrogens is 3. The number of aromatic amines is 1. The number of guanidine groups is 1. The number of likely N-dealkylation sites (tertiary alicyclic amines) is 1. The van der Waals surface area contributed by atoms with Crippen molar-refractivity contribution in [3.8, 4) is 17.1 Å². The number of benzene rings is 1. The Hall–Kier alpha value is -1.88. The van der Waals surface area contributed by atoms with E-state index >= 15 is 0 Å². The van der Waals surface area contributed by atoms with Crippen LogP contribution in [0.15, 0.2) is 29.3 Å². The van der Waals surface area contributed by atoms with Crippen molar-refractivity contribution in [1.82, 2.24) is 30.7 Å². The molecule has 0 amide bonds. The monoisotopic (exact) mass is 527 g/mol. The second kappa shape index (κ2) is 11.5. The summed E-state index contributed by atoms with van der Waals surface area (Å²) in [5.41, 5.74) is 0.941. The van der Waals surface area contributed by atoms with Gasteiger partial charge in [0.05, 0.1) is 7.11 Å². The molecular weight excluding hydrogens is 493 g/mol. The van der Waals surface area contributed by atoms with Crippen LogP contribution in [0.4, 0.5) is 0 Å². The van der Waals surface area contributed by atoms with Crippen LogP contribution in [0.3, 0.4) is 0 Å². The van der Waals surface area contributed by atoms with E-state index in [2.05, 4.69) is 58.4 Å². The summed E-state index contributed by atoms with van der Waals surface area (Å²) in [6.45, 7) is 12.3. The molecule has 2 heterocycles. The highest BCUT2D eigenvalue weighted by Gasteiger charge is 2.31. The van der Waals surface area contributed by atoms with E-state index in [0.717, 1.165) is 42.7 Å². The fourth-order valence-corrected chi connectivity index (χ4v) is 3.50. The van der Waals surface area contributed by atoms with Gasteiger partial charge in [-0.1, -0.05) is 6.92 Å². The standard InChI is InChI=1S/C21H33N7O.HI/c1-6-22-21(24-18-13-28(14(2)3)12-15(18)4)23-11-19-25-20(27-26-19)16-7-9-17(29-5)10-8-16;/h7-10,14-15,18H,6,11-13H2,1-5H3,(H2,22,23,24)(H,25,26,27);1H.